The molecule has 0 aromatic rings. The van der Waals surface area contributed by atoms with Crippen molar-refractivity contribution in [2.24, 2.45) is 63.5 Å². The summed E-state index contributed by atoms with van der Waals surface area (Å²) in [5.41, 5.74) is 18.1. The molecule has 0 amide bonds. The maximum absolute atomic E-state index is 6.99. The summed E-state index contributed by atoms with van der Waals surface area (Å²) >= 11 is 0. The summed E-state index contributed by atoms with van der Waals surface area (Å²) in [6.07, 6.45) is 19.0. The van der Waals surface area contributed by atoms with Gasteiger partial charge in [0.15, 0.2) is 0 Å². The molecule has 7 N–H and O–H groups in total. The molecule has 0 unspecified atom stereocenters. The Morgan fingerprint density at radius 2 is 1.37 bits per heavy atom. The SMILES string of the molecule is C#CC#CC#CC#CC#CC#CNCCC[C@@H](C)[C@H]1CC[C@H]2[C@@H]3[C@H](OCCCN)C[C@@H]4C[C@H](OCCCN)CC[C@]4(C)[C@H]3C[C@H](OCCCN)[C@]12C. The van der Waals surface area contributed by atoms with E-state index in [1.165, 1.54) is 19.3 Å². The summed E-state index contributed by atoms with van der Waals surface area (Å²) < 4.78 is 20.3. The van der Waals surface area contributed by atoms with Gasteiger partial charge >= 0.3 is 0 Å². The Balaban J connectivity index is 1.46. The molecule has 4 fully saturated rings. The van der Waals surface area contributed by atoms with Gasteiger partial charge in [-0.3, -0.25) is 0 Å². The molecule has 0 aromatic carbocycles. The van der Waals surface area contributed by atoms with Gasteiger partial charge in [0.25, 0.3) is 0 Å². The van der Waals surface area contributed by atoms with Crippen molar-refractivity contribution in [2.45, 2.75) is 116 Å². The first kappa shape index (κ1) is 41.7. The molecule has 282 valence electrons. The lowest BCUT2D eigenvalue weighted by atomic mass is 9.43. The first-order valence-corrected chi connectivity index (χ1v) is 20.0. The van der Waals surface area contributed by atoms with Crippen LogP contribution < -0.4 is 22.5 Å². The fourth-order valence-corrected chi connectivity index (χ4v) is 10.7. The van der Waals surface area contributed by atoms with Crippen LogP contribution in [0, 0.1) is 118 Å². The number of nitrogens with one attached hydrogen (secondary N) is 1. The second-order valence-electron chi connectivity index (χ2n) is 15.9. The van der Waals surface area contributed by atoms with Crippen molar-refractivity contribution in [1.29, 1.82) is 0 Å². The molecule has 0 aliphatic heterocycles. The monoisotopic (exact) mass is 708 g/mol. The van der Waals surface area contributed by atoms with Gasteiger partial charge in [-0.2, -0.15) is 0 Å². The molecule has 52 heavy (non-hydrogen) atoms. The van der Waals surface area contributed by atoms with E-state index in [2.05, 4.69) is 91.3 Å². The van der Waals surface area contributed by atoms with E-state index in [-0.39, 0.29) is 23.0 Å². The standard InChI is InChI=1S/C45H64N4O3/c1-5-6-7-8-9-10-11-12-13-14-27-49-28-15-19-35(2)38-20-21-39-43-40(34-42(45(38,39)4)52-31-18-26-48)44(3)23-22-37(50-29-16-24-46)32-36(44)33-41(43)51-30-17-25-47/h1,35-43,49H,15-26,28-34,46-48H2,2-4H3/t35-,36+,37-,38-,39+,40+,41-,42+,43+,44+,45-/m1/s1. The third kappa shape index (κ3) is 10.5. The summed E-state index contributed by atoms with van der Waals surface area (Å²) in [6.45, 7) is 12.8. The normalized spacial score (nSPS) is 33.1. The van der Waals surface area contributed by atoms with Gasteiger partial charge in [-0.05, 0) is 167 Å². The second-order valence-corrected chi connectivity index (χ2v) is 15.9. The van der Waals surface area contributed by atoms with Crippen LogP contribution in [0.3, 0.4) is 0 Å². The number of fused-ring (bicyclic) bond motifs is 5. The highest BCUT2D eigenvalue weighted by molar-refractivity contribution is 5.43. The summed E-state index contributed by atoms with van der Waals surface area (Å²) in [6, 6.07) is 2.95. The second kappa shape index (κ2) is 21.6. The van der Waals surface area contributed by atoms with Crippen LogP contribution in [0.15, 0.2) is 0 Å². The van der Waals surface area contributed by atoms with Crippen molar-refractivity contribution in [3.63, 3.8) is 0 Å². The summed E-state index contributed by atoms with van der Waals surface area (Å²) in [5.74, 6) is 29.2. The molecule has 0 saturated heterocycles. The fraction of sp³-hybridized carbons (Fsp3) is 0.733. The zero-order valence-corrected chi connectivity index (χ0v) is 32.2. The van der Waals surface area contributed by atoms with E-state index in [4.69, 9.17) is 37.8 Å². The van der Waals surface area contributed by atoms with E-state index in [0.717, 1.165) is 84.2 Å². The largest absolute Gasteiger partial charge is 0.378 e. The van der Waals surface area contributed by atoms with Crippen LogP contribution in [0.25, 0.3) is 0 Å². The summed E-state index contributed by atoms with van der Waals surface area (Å²) in [5, 5.41) is 3.23. The predicted molar refractivity (Wildman–Crippen MR) is 210 cm³/mol. The van der Waals surface area contributed by atoms with Crippen LogP contribution in [-0.4, -0.2) is 64.3 Å². The summed E-state index contributed by atoms with van der Waals surface area (Å²) in [7, 11) is 0. The third-order valence-corrected chi connectivity index (χ3v) is 13.2. The van der Waals surface area contributed by atoms with Crippen molar-refractivity contribution in [1.82, 2.24) is 5.32 Å². The minimum atomic E-state index is 0.0957. The Morgan fingerprint density at radius 1 is 0.731 bits per heavy atom. The molecule has 4 aliphatic rings. The molecular formula is C45H64N4O3. The Kier molecular flexibility index (Phi) is 17.3. The predicted octanol–water partition coefficient (Wildman–Crippen LogP) is 4.68. The molecule has 7 nitrogen and oxygen atoms in total. The van der Waals surface area contributed by atoms with Crippen molar-refractivity contribution >= 4 is 0 Å². The minimum Gasteiger partial charge on any atom is -0.378 e. The van der Waals surface area contributed by atoms with Crippen molar-refractivity contribution < 1.29 is 14.2 Å². The molecule has 7 heteroatoms. The Morgan fingerprint density at radius 3 is 2.04 bits per heavy atom. The maximum Gasteiger partial charge on any atom is 0.0637 e. The van der Waals surface area contributed by atoms with Crippen LogP contribution in [0.1, 0.15) is 97.8 Å². The number of rotatable bonds is 17. The molecule has 4 rings (SSSR count). The fourth-order valence-electron chi connectivity index (χ4n) is 10.7. The van der Waals surface area contributed by atoms with Crippen LogP contribution in [-0.2, 0) is 14.2 Å². The van der Waals surface area contributed by atoms with Crippen molar-refractivity contribution in [3.05, 3.63) is 0 Å². The van der Waals surface area contributed by atoms with Gasteiger partial charge in [0, 0.05) is 67.4 Å². The van der Waals surface area contributed by atoms with E-state index in [9.17, 15) is 0 Å². The van der Waals surface area contributed by atoms with Gasteiger partial charge in [-0.25, -0.2) is 0 Å². The zero-order valence-electron chi connectivity index (χ0n) is 32.2. The highest BCUT2D eigenvalue weighted by Gasteiger charge is 2.66. The topological polar surface area (TPSA) is 118 Å². The van der Waals surface area contributed by atoms with E-state index < -0.39 is 0 Å². The van der Waals surface area contributed by atoms with Crippen molar-refractivity contribution in [3.8, 4) is 71.7 Å². The van der Waals surface area contributed by atoms with Crippen molar-refractivity contribution in [2.75, 3.05) is 46.0 Å². The van der Waals surface area contributed by atoms with Gasteiger partial charge in [-0.15, -0.1) is 6.42 Å². The zero-order chi connectivity index (χ0) is 37.2. The van der Waals surface area contributed by atoms with Gasteiger partial charge in [-0.1, -0.05) is 20.8 Å². The third-order valence-electron chi connectivity index (χ3n) is 13.2. The molecule has 0 aromatic heterocycles. The van der Waals surface area contributed by atoms with E-state index in [1.54, 1.807) is 0 Å². The molecular weight excluding hydrogens is 645 g/mol. The van der Waals surface area contributed by atoms with Gasteiger partial charge in [0.2, 0.25) is 0 Å². The lowest BCUT2D eigenvalue weighted by Gasteiger charge is -2.65. The number of nitrogens with two attached hydrogens (primary N) is 3. The van der Waals surface area contributed by atoms with Gasteiger partial charge < -0.3 is 36.7 Å². The smallest absolute Gasteiger partial charge is 0.0637 e. The van der Waals surface area contributed by atoms with Gasteiger partial charge in [0.05, 0.1) is 18.3 Å². The lowest BCUT2D eigenvalue weighted by Crippen LogP contribution is -2.63. The molecule has 0 heterocycles. The first-order valence-electron chi connectivity index (χ1n) is 20.0. The average Bonchev–Trinajstić information content (AvgIpc) is 3.50. The highest BCUT2D eigenvalue weighted by atomic mass is 16.5. The van der Waals surface area contributed by atoms with Crippen LogP contribution in [0.2, 0.25) is 0 Å². The Labute approximate surface area is 316 Å². The molecule has 4 aliphatic carbocycles. The quantitative estimate of drug-likeness (QED) is 0.0986. The maximum atomic E-state index is 6.99. The molecule has 0 bridgehead atoms. The molecule has 0 spiro atoms. The molecule has 0 radical (unpaired) electrons. The average molecular weight is 709 g/mol. The summed E-state index contributed by atoms with van der Waals surface area (Å²) in [4.78, 5) is 0. The Bertz CT molecular complexity index is 1500. The van der Waals surface area contributed by atoms with Gasteiger partial charge in [0.1, 0.15) is 0 Å². The number of ether oxygens (including phenoxy) is 3. The number of hydrogen-bond acceptors (Lipinski definition) is 7. The van der Waals surface area contributed by atoms with E-state index >= 15 is 0 Å². The van der Waals surface area contributed by atoms with E-state index in [0.29, 0.717) is 61.2 Å². The highest BCUT2D eigenvalue weighted by Crippen LogP contribution is 2.69. The Hall–Kier alpha value is -3.08. The first-order chi connectivity index (χ1) is 25.3. The molecule has 11 atom stereocenters. The molecule has 4 saturated carbocycles. The van der Waals surface area contributed by atoms with Crippen LogP contribution >= 0.6 is 0 Å². The lowest BCUT2D eigenvalue weighted by molar-refractivity contribution is -0.227. The minimum absolute atomic E-state index is 0.0957. The van der Waals surface area contributed by atoms with E-state index in [1.807, 2.05) is 0 Å². The number of hydrogen-bond donors (Lipinski definition) is 4. The number of terminal acetylenes is 1. The van der Waals surface area contributed by atoms with Crippen LogP contribution in [0.4, 0.5) is 0 Å². The van der Waals surface area contributed by atoms with Crippen LogP contribution in [0.5, 0.6) is 0 Å².